The third-order valence-corrected chi connectivity index (χ3v) is 3.84. The van der Waals surface area contributed by atoms with E-state index in [1.54, 1.807) is 11.3 Å². The maximum absolute atomic E-state index is 10.8. The molecule has 0 aliphatic heterocycles. The number of halogens is 1. The molecule has 1 nitrogen and oxygen atoms in total. The molecule has 2 rings (SSSR count). The van der Waals surface area contributed by atoms with Gasteiger partial charge in [0.05, 0.1) is 0 Å². The molecule has 1 heterocycles. The standard InChI is InChI=1S/C11H9BrOS/c1-7-2-8(4-12)3-10-11(7)9(5-13)6-14-10/h2-3,5-6H,4H2,1H3. The van der Waals surface area contributed by atoms with Gasteiger partial charge in [-0.05, 0) is 24.1 Å². The van der Waals surface area contributed by atoms with E-state index in [1.807, 2.05) is 12.3 Å². The minimum atomic E-state index is 0.809. The summed E-state index contributed by atoms with van der Waals surface area (Å²) in [7, 11) is 0. The Kier molecular flexibility index (Phi) is 2.70. The van der Waals surface area contributed by atoms with Gasteiger partial charge in [-0.1, -0.05) is 22.0 Å². The van der Waals surface area contributed by atoms with E-state index >= 15 is 0 Å². The van der Waals surface area contributed by atoms with Crippen molar-refractivity contribution in [2.24, 2.45) is 0 Å². The topological polar surface area (TPSA) is 17.1 Å². The van der Waals surface area contributed by atoms with Crippen LogP contribution in [0.25, 0.3) is 10.1 Å². The van der Waals surface area contributed by atoms with Crippen molar-refractivity contribution in [1.82, 2.24) is 0 Å². The number of carbonyl (C=O) groups is 1. The van der Waals surface area contributed by atoms with Gasteiger partial charge in [0.2, 0.25) is 0 Å². The first-order valence-corrected chi connectivity index (χ1v) is 6.28. The van der Waals surface area contributed by atoms with Crippen molar-refractivity contribution in [1.29, 1.82) is 0 Å². The highest BCUT2D eigenvalue weighted by Gasteiger charge is 2.07. The summed E-state index contributed by atoms with van der Waals surface area (Å²) in [5, 5.41) is 3.88. The molecule has 0 amide bonds. The summed E-state index contributed by atoms with van der Waals surface area (Å²) in [4.78, 5) is 10.8. The molecule has 0 saturated carbocycles. The first-order valence-electron chi connectivity index (χ1n) is 4.28. The highest BCUT2D eigenvalue weighted by Crippen LogP contribution is 2.29. The lowest BCUT2D eigenvalue weighted by atomic mass is 10.1. The number of hydrogen-bond donors (Lipinski definition) is 0. The lowest BCUT2D eigenvalue weighted by Gasteiger charge is -2.01. The van der Waals surface area contributed by atoms with E-state index in [0.717, 1.165) is 22.6 Å². The van der Waals surface area contributed by atoms with Gasteiger partial charge in [-0.3, -0.25) is 4.79 Å². The predicted molar refractivity (Wildman–Crippen MR) is 64.6 cm³/mol. The van der Waals surface area contributed by atoms with Crippen LogP contribution in [0.3, 0.4) is 0 Å². The molecule has 0 spiro atoms. The minimum absolute atomic E-state index is 0.809. The Labute approximate surface area is 94.9 Å². The number of aryl methyl sites for hydroxylation is 1. The van der Waals surface area contributed by atoms with E-state index in [9.17, 15) is 4.79 Å². The van der Waals surface area contributed by atoms with Gasteiger partial charge < -0.3 is 0 Å². The third kappa shape index (κ3) is 1.51. The largest absolute Gasteiger partial charge is 0.298 e. The van der Waals surface area contributed by atoms with Crippen molar-refractivity contribution < 1.29 is 4.79 Å². The summed E-state index contributed by atoms with van der Waals surface area (Å²) in [5.41, 5.74) is 3.25. The maximum atomic E-state index is 10.8. The van der Waals surface area contributed by atoms with Gasteiger partial charge in [-0.2, -0.15) is 0 Å². The van der Waals surface area contributed by atoms with Crippen LogP contribution in [0.2, 0.25) is 0 Å². The van der Waals surface area contributed by atoms with Crippen molar-refractivity contribution >= 4 is 43.6 Å². The third-order valence-electron chi connectivity index (χ3n) is 2.24. The van der Waals surface area contributed by atoms with Gasteiger partial charge in [-0.15, -0.1) is 11.3 Å². The summed E-state index contributed by atoms with van der Waals surface area (Å²) in [6, 6.07) is 4.26. The van der Waals surface area contributed by atoms with Crippen molar-refractivity contribution in [2.75, 3.05) is 0 Å². The lowest BCUT2D eigenvalue weighted by Crippen LogP contribution is -1.83. The molecule has 1 aromatic carbocycles. The molecule has 0 N–H and O–H groups in total. The summed E-state index contributed by atoms with van der Waals surface area (Å²) in [5.74, 6) is 0. The normalized spacial score (nSPS) is 10.7. The molecule has 0 radical (unpaired) electrons. The molecular formula is C11H9BrOS. The molecule has 0 aliphatic carbocycles. The number of rotatable bonds is 2. The molecule has 2 aromatic rings. The van der Waals surface area contributed by atoms with Gasteiger partial charge in [0.1, 0.15) is 0 Å². The summed E-state index contributed by atoms with van der Waals surface area (Å²) < 4.78 is 1.20. The molecule has 72 valence electrons. The Morgan fingerprint density at radius 3 is 2.93 bits per heavy atom. The van der Waals surface area contributed by atoms with Crippen LogP contribution in [-0.2, 0) is 5.33 Å². The minimum Gasteiger partial charge on any atom is -0.298 e. The molecule has 0 aliphatic rings. The summed E-state index contributed by atoms with van der Waals surface area (Å²) in [6.07, 6.45) is 0.930. The second-order valence-corrected chi connectivity index (χ2v) is 4.70. The lowest BCUT2D eigenvalue weighted by molar-refractivity contribution is 0.112. The van der Waals surface area contributed by atoms with E-state index in [1.165, 1.54) is 15.8 Å². The van der Waals surface area contributed by atoms with Crippen LogP contribution in [0.15, 0.2) is 17.5 Å². The highest BCUT2D eigenvalue weighted by atomic mass is 79.9. The molecule has 3 heteroatoms. The number of fused-ring (bicyclic) bond motifs is 1. The van der Waals surface area contributed by atoms with Crippen LogP contribution in [0.5, 0.6) is 0 Å². The van der Waals surface area contributed by atoms with E-state index in [2.05, 4.69) is 28.1 Å². The number of aldehydes is 1. The van der Waals surface area contributed by atoms with Gasteiger partial charge in [0.15, 0.2) is 6.29 Å². The van der Waals surface area contributed by atoms with Crippen molar-refractivity contribution in [3.63, 3.8) is 0 Å². The first-order chi connectivity index (χ1) is 6.76. The number of carbonyl (C=O) groups excluding carboxylic acids is 1. The highest BCUT2D eigenvalue weighted by molar-refractivity contribution is 9.08. The fourth-order valence-electron chi connectivity index (χ4n) is 1.64. The van der Waals surface area contributed by atoms with Crippen LogP contribution < -0.4 is 0 Å². The Hall–Kier alpha value is -0.670. The zero-order chi connectivity index (χ0) is 10.1. The van der Waals surface area contributed by atoms with Gasteiger partial charge in [0.25, 0.3) is 0 Å². The molecule has 0 atom stereocenters. The molecule has 0 bridgehead atoms. The predicted octanol–water partition coefficient (Wildman–Crippen LogP) is 3.92. The zero-order valence-electron chi connectivity index (χ0n) is 7.71. The Bertz CT molecular complexity index is 487. The molecule has 0 fully saturated rings. The van der Waals surface area contributed by atoms with E-state index in [0.29, 0.717) is 0 Å². The van der Waals surface area contributed by atoms with Crippen LogP contribution in [-0.4, -0.2) is 6.29 Å². The van der Waals surface area contributed by atoms with Crippen LogP contribution in [0, 0.1) is 6.92 Å². The Balaban J connectivity index is 2.78. The average molecular weight is 269 g/mol. The van der Waals surface area contributed by atoms with Crippen molar-refractivity contribution in [3.8, 4) is 0 Å². The Morgan fingerprint density at radius 2 is 2.29 bits per heavy atom. The van der Waals surface area contributed by atoms with Crippen LogP contribution >= 0.6 is 27.3 Å². The van der Waals surface area contributed by atoms with E-state index in [-0.39, 0.29) is 0 Å². The number of alkyl halides is 1. The maximum Gasteiger partial charge on any atom is 0.151 e. The second kappa shape index (κ2) is 3.83. The van der Waals surface area contributed by atoms with Crippen LogP contribution in [0.1, 0.15) is 21.5 Å². The fourth-order valence-corrected chi connectivity index (χ4v) is 3.01. The van der Waals surface area contributed by atoms with Crippen LogP contribution in [0.4, 0.5) is 0 Å². The Morgan fingerprint density at radius 1 is 1.50 bits per heavy atom. The van der Waals surface area contributed by atoms with Gasteiger partial charge in [0, 0.05) is 26.4 Å². The van der Waals surface area contributed by atoms with Crippen molar-refractivity contribution in [3.05, 3.63) is 34.2 Å². The second-order valence-electron chi connectivity index (χ2n) is 3.23. The molecule has 0 unspecified atom stereocenters. The number of benzene rings is 1. The van der Waals surface area contributed by atoms with E-state index < -0.39 is 0 Å². The molecule has 0 saturated heterocycles. The van der Waals surface area contributed by atoms with Gasteiger partial charge >= 0.3 is 0 Å². The SMILES string of the molecule is Cc1cc(CBr)cc2scc(C=O)c12. The zero-order valence-corrected chi connectivity index (χ0v) is 10.1. The monoisotopic (exact) mass is 268 g/mol. The van der Waals surface area contributed by atoms with E-state index in [4.69, 9.17) is 0 Å². The van der Waals surface area contributed by atoms with Crippen molar-refractivity contribution in [2.45, 2.75) is 12.3 Å². The first kappa shape index (κ1) is 9.87. The fraction of sp³-hybridized carbons (Fsp3) is 0.182. The number of thiophene rings is 1. The average Bonchev–Trinajstić information content (AvgIpc) is 2.61. The summed E-state index contributed by atoms with van der Waals surface area (Å²) >= 11 is 5.07. The molecular weight excluding hydrogens is 260 g/mol. The quantitative estimate of drug-likeness (QED) is 0.596. The molecule has 14 heavy (non-hydrogen) atoms. The smallest absolute Gasteiger partial charge is 0.151 e. The summed E-state index contributed by atoms with van der Waals surface area (Å²) in [6.45, 7) is 2.05. The van der Waals surface area contributed by atoms with Gasteiger partial charge in [-0.25, -0.2) is 0 Å². The molecule has 1 aromatic heterocycles. The number of hydrogen-bond acceptors (Lipinski definition) is 2.